The van der Waals surface area contributed by atoms with Gasteiger partial charge in [0.25, 0.3) is 0 Å². The van der Waals surface area contributed by atoms with E-state index in [0.29, 0.717) is 18.3 Å². The van der Waals surface area contributed by atoms with E-state index in [1.165, 1.54) is 11.1 Å². The predicted octanol–water partition coefficient (Wildman–Crippen LogP) is 5.23. The van der Waals surface area contributed by atoms with E-state index in [0.717, 1.165) is 5.56 Å². The molecule has 1 heterocycles. The fraction of sp³-hybridized carbons (Fsp3) is 0.333. The van der Waals surface area contributed by atoms with E-state index in [-0.39, 0.29) is 17.2 Å². The second kappa shape index (κ2) is 8.50. The normalized spacial score (nSPS) is 12.6. The third-order valence-electron chi connectivity index (χ3n) is 4.99. The molecule has 0 fully saturated rings. The van der Waals surface area contributed by atoms with E-state index >= 15 is 0 Å². The summed E-state index contributed by atoms with van der Waals surface area (Å²) in [5, 5.41) is 12.7. The fourth-order valence-corrected chi connectivity index (χ4v) is 3.21. The standard InChI is InChI=1S/C24H28N4O/c1-24(2,3)19-13-11-17(12-14-19)21(28(4)5)16-26-23-20(15-25)27-22(29-23)18-9-7-6-8-10-18/h6-14,21,26H,16H2,1-5H3/t21-/m0/s1. The lowest BCUT2D eigenvalue weighted by Crippen LogP contribution is -2.27. The Bertz CT molecular complexity index is 976. The van der Waals surface area contributed by atoms with Crippen LogP contribution in [0.1, 0.15) is 43.6 Å². The largest absolute Gasteiger partial charge is 0.419 e. The number of aromatic nitrogens is 1. The van der Waals surface area contributed by atoms with Crippen LogP contribution in [-0.4, -0.2) is 30.5 Å². The fourth-order valence-electron chi connectivity index (χ4n) is 3.21. The maximum Gasteiger partial charge on any atom is 0.232 e. The molecule has 0 unspecified atom stereocenters. The highest BCUT2D eigenvalue weighted by Gasteiger charge is 2.20. The van der Waals surface area contributed by atoms with Crippen LogP contribution in [0, 0.1) is 11.3 Å². The summed E-state index contributed by atoms with van der Waals surface area (Å²) in [5.74, 6) is 0.852. The van der Waals surface area contributed by atoms with Crippen LogP contribution in [0.4, 0.5) is 5.88 Å². The lowest BCUT2D eigenvalue weighted by molar-refractivity contribution is 0.310. The molecule has 0 aliphatic rings. The van der Waals surface area contributed by atoms with E-state index < -0.39 is 0 Å². The Hall–Kier alpha value is -3.10. The molecule has 5 nitrogen and oxygen atoms in total. The molecule has 0 radical (unpaired) electrons. The number of nitriles is 1. The molecule has 3 aromatic rings. The van der Waals surface area contributed by atoms with Gasteiger partial charge in [0.15, 0.2) is 0 Å². The van der Waals surface area contributed by atoms with Crippen LogP contribution in [0.25, 0.3) is 11.5 Å². The van der Waals surface area contributed by atoms with Gasteiger partial charge in [-0.2, -0.15) is 10.2 Å². The Labute approximate surface area is 173 Å². The van der Waals surface area contributed by atoms with Crippen molar-refractivity contribution in [3.05, 3.63) is 71.4 Å². The van der Waals surface area contributed by atoms with E-state index in [4.69, 9.17) is 4.42 Å². The van der Waals surface area contributed by atoms with E-state index in [1.807, 2.05) is 44.4 Å². The molecule has 0 spiro atoms. The summed E-state index contributed by atoms with van der Waals surface area (Å²) in [6, 6.07) is 20.6. The molecule has 0 aliphatic carbocycles. The molecular weight excluding hydrogens is 360 g/mol. The minimum Gasteiger partial charge on any atom is -0.419 e. The molecular formula is C24H28N4O. The van der Waals surface area contributed by atoms with E-state index in [2.05, 4.69) is 66.3 Å². The van der Waals surface area contributed by atoms with Crippen LogP contribution in [0.15, 0.2) is 59.0 Å². The van der Waals surface area contributed by atoms with Crippen molar-refractivity contribution in [3.8, 4) is 17.5 Å². The van der Waals surface area contributed by atoms with Crippen LogP contribution in [0.5, 0.6) is 0 Å². The first-order chi connectivity index (χ1) is 13.8. The molecule has 2 aromatic carbocycles. The average molecular weight is 389 g/mol. The molecule has 150 valence electrons. The molecule has 5 heteroatoms. The minimum absolute atomic E-state index is 0.125. The number of nitrogens with zero attached hydrogens (tertiary/aromatic N) is 3. The minimum atomic E-state index is 0.125. The number of benzene rings is 2. The molecule has 1 N–H and O–H groups in total. The van der Waals surface area contributed by atoms with Gasteiger partial charge in [0.1, 0.15) is 6.07 Å². The van der Waals surface area contributed by atoms with Crippen LogP contribution in [-0.2, 0) is 5.41 Å². The Balaban J connectivity index is 1.79. The Morgan fingerprint density at radius 2 is 1.72 bits per heavy atom. The van der Waals surface area contributed by atoms with Crippen molar-refractivity contribution in [2.45, 2.75) is 32.2 Å². The molecule has 3 rings (SSSR count). The van der Waals surface area contributed by atoms with Gasteiger partial charge in [-0.1, -0.05) is 63.2 Å². The number of nitrogens with one attached hydrogen (secondary N) is 1. The van der Waals surface area contributed by atoms with Crippen molar-refractivity contribution in [2.75, 3.05) is 26.0 Å². The highest BCUT2D eigenvalue weighted by molar-refractivity contribution is 5.58. The summed E-state index contributed by atoms with van der Waals surface area (Å²) >= 11 is 0. The lowest BCUT2D eigenvalue weighted by atomic mass is 9.86. The zero-order valence-electron chi connectivity index (χ0n) is 17.7. The third-order valence-corrected chi connectivity index (χ3v) is 4.99. The number of likely N-dealkylation sites (N-methyl/N-ethyl adjacent to an activating group) is 1. The number of hydrogen-bond donors (Lipinski definition) is 1. The molecule has 1 aromatic heterocycles. The van der Waals surface area contributed by atoms with Gasteiger partial charge in [0.2, 0.25) is 17.5 Å². The quantitative estimate of drug-likeness (QED) is 0.627. The lowest BCUT2D eigenvalue weighted by Gasteiger charge is -2.26. The first kappa shape index (κ1) is 20.6. The zero-order chi connectivity index (χ0) is 21.0. The molecule has 0 bridgehead atoms. The van der Waals surface area contributed by atoms with Gasteiger partial charge >= 0.3 is 0 Å². The monoisotopic (exact) mass is 388 g/mol. The van der Waals surface area contributed by atoms with Gasteiger partial charge in [-0.25, -0.2) is 0 Å². The second-order valence-electron chi connectivity index (χ2n) is 8.41. The average Bonchev–Trinajstić information content (AvgIpc) is 3.11. The SMILES string of the molecule is CN(C)[C@@H](CNc1oc(-c2ccccc2)nc1C#N)c1ccc(C(C)(C)C)cc1. The van der Waals surface area contributed by atoms with Crippen molar-refractivity contribution in [1.29, 1.82) is 5.26 Å². The summed E-state index contributed by atoms with van der Waals surface area (Å²) in [6.07, 6.45) is 0. The number of rotatable bonds is 6. The molecule has 0 saturated heterocycles. The number of hydrogen-bond acceptors (Lipinski definition) is 5. The van der Waals surface area contributed by atoms with E-state index in [9.17, 15) is 5.26 Å². The van der Waals surface area contributed by atoms with Crippen molar-refractivity contribution in [3.63, 3.8) is 0 Å². The van der Waals surface area contributed by atoms with Crippen LogP contribution < -0.4 is 5.32 Å². The Morgan fingerprint density at radius 1 is 1.07 bits per heavy atom. The highest BCUT2D eigenvalue weighted by atomic mass is 16.4. The van der Waals surface area contributed by atoms with E-state index in [1.54, 1.807) is 0 Å². The number of oxazole rings is 1. The van der Waals surface area contributed by atoms with Gasteiger partial charge < -0.3 is 14.6 Å². The third kappa shape index (κ3) is 4.85. The van der Waals surface area contributed by atoms with Crippen LogP contribution in [0.2, 0.25) is 0 Å². The van der Waals surface area contributed by atoms with Crippen LogP contribution in [0.3, 0.4) is 0 Å². The molecule has 1 atom stereocenters. The first-order valence-corrected chi connectivity index (χ1v) is 9.76. The summed E-state index contributed by atoms with van der Waals surface area (Å²) in [4.78, 5) is 6.48. The van der Waals surface area contributed by atoms with Crippen LogP contribution >= 0.6 is 0 Å². The van der Waals surface area contributed by atoms with Crippen molar-refractivity contribution in [2.24, 2.45) is 0 Å². The zero-order valence-corrected chi connectivity index (χ0v) is 17.7. The van der Waals surface area contributed by atoms with Gasteiger partial charge in [-0.3, -0.25) is 0 Å². The van der Waals surface area contributed by atoms with Crippen molar-refractivity contribution >= 4 is 5.88 Å². The molecule has 0 saturated carbocycles. The van der Waals surface area contributed by atoms with Crippen molar-refractivity contribution < 1.29 is 4.42 Å². The highest BCUT2D eigenvalue weighted by Crippen LogP contribution is 2.28. The molecule has 29 heavy (non-hydrogen) atoms. The Kier molecular flexibility index (Phi) is 6.05. The summed E-state index contributed by atoms with van der Waals surface area (Å²) in [6.45, 7) is 7.24. The number of anilines is 1. The second-order valence-corrected chi connectivity index (χ2v) is 8.41. The summed E-state index contributed by atoms with van der Waals surface area (Å²) < 4.78 is 5.86. The first-order valence-electron chi connectivity index (χ1n) is 9.76. The smallest absolute Gasteiger partial charge is 0.232 e. The Morgan fingerprint density at radius 3 is 2.28 bits per heavy atom. The molecule has 0 aliphatic heterocycles. The topological polar surface area (TPSA) is 65.1 Å². The van der Waals surface area contributed by atoms with Gasteiger partial charge in [-0.15, -0.1) is 0 Å². The molecule has 0 amide bonds. The van der Waals surface area contributed by atoms with Gasteiger partial charge in [0.05, 0.1) is 6.04 Å². The summed E-state index contributed by atoms with van der Waals surface area (Å²) in [5.41, 5.74) is 3.75. The van der Waals surface area contributed by atoms with Gasteiger partial charge in [0, 0.05) is 12.1 Å². The predicted molar refractivity (Wildman–Crippen MR) is 117 cm³/mol. The maximum absolute atomic E-state index is 9.45. The van der Waals surface area contributed by atoms with Gasteiger partial charge in [-0.05, 0) is 42.8 Å². The van der Waals surface area contributed by atoms with Crippen molar-refractivity contribution in [1.82, 2.24) is 9.88 Å². The summed E-state index contributed by atoms with van der Waals surface area (Å²) in [7, 11) is 4.09. The maximum atomic E-state index is 9.45.